The highest BCUT2D eigenvalue weighted by atomic mass is 19.4. The van der Waals surface area contributed by atoms with Crippen LogP contribution in [0.2, 0.25) is 0 Å². The van der Waals surface area contributed by atoms with Crippen LogP contribution >= 0.6 is 0 Å². The number of aryl methyl sites for hydroxylation is 1. The number of pyridine rings is 2. The number of rotatable bonds is 1. The molecule has 0 unspecified atom stereocenters. The highest BCUT2D eigenvalue weighted by Crippen LogP contribution is 2.40. The van der Waals surface area contributed by atoms with Crippen LogP contribution in [0.4, 0.5) is 45.3 Å². The zero-order chi connectivity index (χ0) is 21.9. The van der Waals surface area contributed by atoms with Crippen LogP contribution in [0.25, 0.3) is 16.7 Å². The molecule has 156 valence electrons. The van der Waals surface area contributed by atoms with Gasteiger partial charge in [-0.25, -0.2) is 9.97 Å². The van der Waals surface area contributed by atoms with Crippen LogP contribution < -0.4 is 5.73 Å². The Hall–Kier alpha value is -3.06. The van der Waals surface area contributed by atoms with Gasteiger partial charge in [-0.3, -0.25) is 0 Å². The molecule has 0 aromatic carbocycles. The third-order valence-corrected chi connectivity index (χ3v) is 3.73. The lowest BCUT2D eigenvalue weighted by Crippen LogP contribution is -2.15. The Kier molecular flexibility index (Phi) is 4.43. The van der Waals surface area contributed by atoms with Crippen molar-refractivity contribution in [3.63, 3.8) is 0 Å². The van der Waals surface area contributed by atoms with Crippen LogP contribution in [-0.2, 0) is 18.5 Å². The van der Waals surface area contributed by atoms with Crippen LogP contribution in [0.3, 0.4) is 0 Å². The summed E-state index contributed by atoms with van der Waals surface area (Å²) in [5.41, 5.74) is -0.459. The topological polar surface area (TPSA) is 69.6 Å². The predicted octanol–water partition coefficient (Wildman–Crippen LogP) is 4.76. The summed E-state index contributed by atoms with van der Waals surface area (Å²) < 4.78 is 118. The summed E-state index contributed by atoms with van der Waals surface area (Å²) in [7, 11) is 0. The fraction of sp³-hybridized carbons (Fsp3) is 0.267. The van der Waals surface area contributed by atoms with Gasteiger partial charge >= 0.3 is 18.5 Å². The fourth-order valence-electron chi connectivity index (χ4n) is 2.58. The van der Waals surface area contributed by atoms with Crippen LogP contribution in [0.15, 0.2) is 18.2 Å². The van der Waals surface area contributed by atoms with E-state index >= 15 is 0 Å². The number of hydrogen-bond acceptors (Lipinski definition) is 4. The predicted molar refractivity (Wildman–Crippen MR) is 80.8 cm³/mol. The maximum Gasteiger partial charge on any atom is 0.434 e. The van der Waals surface area contributed by atoms with E-state index in [-0.39, 0.29) is 11.8 Å². The van der Waals surface area contributed by atoms with E-state index in [0.717, 1.165) is 0 Å². The second-order valence-corrected chi connectivity index (χ2v) is 5.90. The Morgan fingerprint density at radius 3 is 1.97 bits per heavy atom. The third-order valence-electron chi connectivity index (χ3n) is 3.73. The van der Waals surface area contributed by atoms with E-state index in [1.165, 1.54) is 6.92 Å². The normalized spacial score (nSPS) is 13.3. The Morgan fingerprint density at radius 1 is 0.828 bits per heavy atom. The molecule has 29 heavy (non-hydrogen) atoms. The lowest BCUT2D eigenvalue weighted by Gasteiger charge is -2.12. The van der Waals surface area contributed by atoms with Crippen molar-refractivity contribution in [3.05, 3.63) is 40.8 Å². The molecule has 0 radical (unpaired) electrons. The standard InChI is InChI=1S/C15H8F9N5/c1-5-2-6(13(16,17)18)3-9(26-5)29-12(25)10-7(28-29)4-8(14(19,20)21)27-11(10)15(22,23)24/h2-4H,25H2,1H3. The van der Waals surface area contributed by atoms with E-state index in [2.05, 4.69) is 15.1 Å². The van der Waals surface area contributed by atoms with Gasteiger partial charge in [-0.15, -0.1) is 0 Å². The number of hydrogen-bond donors (Lipinski definition) is 1. The van der Waals surface area contributed by atoms with Crippen LogP contribution in [-0.4, -0.2) is 19.7 Å². The molecule has 3 aromatic heterocycles. The van der Waals surface area contributed by atoms with Crippen LogP contribution in [0.5, 0.6) is 0 Å². The summed E-state index contributed by atoms with van der Waals surface area (Å²) in [5.74, 6) is -1.48. The SMILES string of the molecule is Cc1cc(C(F)(F)F)cc(-n2nc3cc(C(F)(F)F)nc(C(F)(F)F)c3c2N)n1. The van der Waals surface area contributed by atoms with E-state index < -0.39 is 58.0 Å². The number of aromatic nitrogens is 4. The lowest BCUT2D eigenvalue weighted by atomic mass is 10.2. The Labute approximate surface area is 155 Å². The van der Waals surface area contributed by atoms with Crippen molar-refractivity contribution >= 4 is 16.7 Å². The average molecular weight is 429 g/mol. The van der Waals surface area contributed by atoms with E-state index in [1.807, 2.05) is 0 Å². The van der Waals surface area contributed by atoms with Gasteiger partial charge in [0, 0.05) is 5.69 Å². The van der Waals surface area contributed by atoms with Gasteiger partial charge in [0.25, 0.3) is 0 Å². The first-order chi connectivity index (χ1) is 13.1. The minimum Gasteiger partial charge on any atom is -0.383 e. The molecule has 0 saturated carbocycles. The molecular formula is C15H8F9N5. The Morgan fingerprint density at radius 2 is 1.45 bits per heavy atom. The molecule has 3 heterocycles. The van der Waals surface area contributed by atoms with Crippen molar-refractivity contribution in [3.8, 4) is 5.82 Å². The van der Waals surface area contributed by atoms with Crippen molar-refractivity contribution in [2.75, 3.05) is 5.73 Å². The van der Waals surface area contributed by atoms with Crippen LogP contribution in [0.1, 0.15) is 22.6 Å². The molecule has 0 saturated heterocycles. The van der Waals surface area contributed by atoms with Gasteiger partial charge in [-0.2, -0.15) is 49.3 Å². The van der Waals surface area contributed by atoms with Gasteiger partial charge in [0.05, 0.1) is 16.5 Å². The van der Waals surface area contributed by atoms with E-state index in [0.29, 0.717) is 16.8 Å². The molecule has 14 heteroatoms. The number of fused-ring (bicyclic) bond motifs is 1. The van der Waals surface area contributed by atoms with E-state index in [1.54, 1.807) is 0 Å². The molecule has 0 aliphatic rings. The maximum absolute atomic E-state index is 13.3. The highest BCUT2D eigenvalue weighted by Gasteiger charge is 2.42. The third kappa shape index (κ3) is 3.78. The number of anilines is 1. The highest BCUT2D eigenvalue weighted by molar-refractivity contribution is 5.92. The second kappa shape index (κ2) is 6.22. The molecule has 0 aliphatic heterocycles. The monoisotopic (exact) mass is 429 g/mol. The molecule has 3 rings (SSSR count). The van der Waals surface area contributed by atoms with E-state index in [9.17, 15) is 39.5 Å². The average Bonchev–Trinajstić information content (AvgIpc) is 2.88. The number of alkyl halides is 9. The minimum atomic E-state index is -5.33. The fourth-order valence-corrected chi connectivity index (χ4v) is 2.58. The molecule has 0 amide bonds. The molecule has 5 nitrogen and oxygen atoms in total. The number of nitrogens with two attached hydrogens (primary N) is 1. The summed E-state index contributed by atoms with van der Waals surface area (Å²) in [4.78, 5) is 6.34. The van der Waals surface area contributed by atoms with Gasteiger partial charge in [0.2, 0.25) is 0 Å². The van der Waals surface area contributed by atoms with E-state index in [4.69, 9.17) is 5.73 Å². The minimum absolute atomic E-state index is 0.168. The van der Waals surface area contributed by atoms with Crippen molar-refractivity contribution in [2.45, 2.75) is 25.5 Å². The molecule has 0 aliphatic carbocycles. The number of nitrogen functional groups attached to an aromatic ring is 1. The summed E-state index contributed by atoms with van der Waals surface area (Å²) in [6.45, 7) is 1.18. The number of halogens is 9. The first kappa shape index (κ1) is 20.7. The van der Waals surface area contributed by atoms with Gasteiger partial charge < -0.3 is 5.73 Å². The van der Waals surface area contributed by atoms with Crippen molar-refractivity contribution < 1.29 is 39.5 Å². The molecular weight excluding hydrogens is 421 g/mol. The van der Waals surface area contributed by atoms with Gasteiger partial charge in [-0.05, 0) is 25.1 Å². The number of nitrogens with zero attached hydrogens (tertiary/aromatic N) is 4. The van der Waals surface area contributed by atoms with Crippen molar-refractivity contribution in [1.29, 1.82) is 0 Å². The first-order valence-electron chi connectivity index (χ1n) is 7.49. The molecule has 3 aromatic rings. The summed E-state index contributed by atoms with van der Waals surface area (Å²) >= 11 is 0. The zero-order valence-electron chi connectivity index (χ0n) is 14.0. The quantitative estimate of drug-likeness (QED) is 0.567. The largest absolute Gasteiger partial charge is 0.434 e. The Balaban J connectivity index is 2.35. The Bertz CT molecular complexity index is 1090. The van der Waals surface area contributed by atoms with Gasteiger partial charge in [0.15, 0.2) is 11.5 Å². The molecule has 0 bridgehead atoms. The zero-order valence-corrected chi connectivity index (χ0v) is 14.0. The summed E-state index contributed by atoms with van der Waals surface area (Å²) in [6.07, 6.45) is -15.4. The summed E-state index contributed by atoms with van der Waals surface area (Å²) in [5, 5.41) is 2.53. The maximum atomic E-state index is 13.3. The molecule has 0 fully saturated rings. The lowest BCUT2D eigenvalue weighted by molar-refractivity contribution is -0.149. The van der Waals surface area contributed by atoms with Gasteiger partial charge in [0.1, 0.15) is 11.5 Å². The second-order valence-electron chi connectivity index (χ2n) is 5.90. The van der Waals surface area contributed by atoms with Crippen molar-refractivity contribution in [1.82, 2.24) is 19.7 Å². The molecule has 2 N–H and O–H groups in total. The smallest absolute Gasteiger partial charge is 0.383 e. The van der Waals surface area contributed by atoms with Gasteiger partial charge in [-0.1, -0.05) is 0 Å². The molecule has 0 spiro atoms. The van der Waals surface area contributed by atoms with Crippen LogP contribution in [0, 0.1) is 6.92 Å². The summed E-state index contributed by atoms with van der Waals surface area (Å²) in [6, 6.07) is 1.35. The molecule has 0 atom stereocenters. The first-order valence-corrected chi connectivity index (χ1v) is 7.49. The van der Waals surface area contributed by atoms with Crippen molar-refractivity contribution in [2.24, 2.45) is 0 Å².